The Morgan fingerprint density at radius 3 is 2.71 bits per heavy atom. The largest absolute Gasteiger partial charge is 0.377 e. The van der Waals surface area contributed by atoms with Crippen LogP contribution >= 0.6 is 24.0 Å². The summed E-state index contributed by atoms with van der Waals surface area (Å²) in [6, 6.07) is 0. The molecule has 0 aromatic heterocycles. The molecule has 0 aliphatic carbocycles. The van der Waals surface area contributed by atoms with Crippen LogP contribution in [-0.2, 0) is 4.74 Å². The molecule has 1 N–H and O–H groups in total. The number of nitrogens with zero attached hydrogens (tertiary/aromatic N) is 2. The number of nitrogens with one attached hydrogen (secondary N) is 1. The third kappa shape index (κ3) is 8.19. The standard InChI is InChI=1S/C19H37N3O.HI/c1-7-9-10-13-22(6)18(20-8-2)21-15-16-12-11-14-23-17(16)19(3,4)5;/h7,16-17H,1,8-15H2,2-6H3,(H,20,21);1H. The summed E-state index contributed by atoms with van der Waals surface area (Å²) >= 11 is 0. The number of hydrogen-bond acceptors (Lipinski definition) is 2. The zero-order chi connectivity index (χ0) is 17.3. The summed E-state index contributed by atoms with van der Waals surface area (Å²) in [5.74, 6) is 1.52. The second kappa shape index (κ2) is 12.1. The summed E-state index contributed by atoms with van der Waals surface area (Å²) in [7, 11) is 2.11. The summed E-state index contributed by atoms with van der Waals surface area (Å²) in [5.41, 5.74) is 0.175. The van der Waals surface area contributed by atoms with Gasteiger partial charge in [0.15, 0.2) is 5.96 Å². The van der Waals surface area contributed by atoms with E-state index in [1.165, 1.54) is 6.42 Å². The van der Waals surface area contributed by atoms with Gasteiger partial charge in [-0.1, -0.05) is 26.8 Å². The number of ether oxygens (including phenoxy) is 1. The predicted octanol–water partition coefficient (Wildman–Crippen LogP) is 4.31. The van der Waals surface area contributed by atoms with Gasteiger partial charge in [-0.2, -0.15) is 0 Å². The molecule has 0 bridgehead atoms. The Morgan fingerprint density at radius 1 is 1.42 bits per heavy atom. The number of hydrogen-bond donors (Lipinski definition) is 1. The first-order chi connectivity index (χ1) is 10.9. The molecular weight excluding hydrogens is 413 g/mol. The molecule has 2 atom stereocenters. The van der Waals surface area contributed by atoms with Crippen LogP contribution in [0.1, 0.15) is 53.4 Å². The minimum atomic E-state index is 0. The number of unbranched alkanes of at least 4 members (excludes halogenated alkanes) is 1. The van der Waals surface area contributed by atoms with Crippen molar-refractivity contribution in [3.8, 4) is 0 Å². The molecule has 24 heavy (non-hydrogen) atoms. The highest BCUT2D eigenvalue weighted by Gasteiger charge is 2.35. The van der Waals surface area contributed by atoms with E-state index >= 15 is 0 Å². The lowest BCUT2D eigenvalue weighted by Crippen LogP contribution is -2.43. The number of halogens is 1. The molecule has 0 aromatic rings. The van der Waals surface area contributed by atoms with Gasteiger partial charge in [-0.3, -0.25) is 4.99 Å². The summed E-state index contributed by atoms with van der Waals surface area (Å²) < 4.78 is 6.07. The molecule has 0 spiro atoms. The van der Waals surface area contributed by atoms with Gasteiger partial charge in [0.05, 0.1) is 6.10 Å². The van der Waals surface area contributed by atoms with E-state index in [2.05, 4.69) is 51.5 Å². The Hall–Kier alpha value is -0.300. The Labute approximate surface area is 166 Å². The van der Waals surface area contributed by atoms with E-state index in [0.29, 0.717) is 12.0 Å². The van der Waals surface area contributed by atoms with Crippen LogP contribution < -0.4 is 5.32 Å². The number of allylic oxidation sites excluding steroid dienone is 1. The minimum Gasteiger partial charge on any atom is -0.377 e. The summed E-state index contributed by atoms with van der Waals surface area (Å²) in [4.78, 5) is 7.13. The third-order valence-corrected chi connectivity index (χ3v) is 4.37. The molecule has 4 nitrogen and oxygen atoms in total. The van der Waals surface area contributed by atoms with Crippen molar-refractivity contribution in [2.75, 3.05) is 33.3 Å². The van der Waals surface area contributed by atoms with Crippen LogP contribution in [0.15, 0.2) is 17.6 Å². The summed E-state index contributed by atoms with van der Waals surface area (Å²) in [6.45, 7) is 16.4. The van der Waals surface area contributed by atoms with Crippen LogP contribution in [0.5, 0.6) is 0 Å². The van der Waals surface area contributed by atoms with Crippen molar-refractivity contribution in [3.63, 3.8) is 0 Å². The van der Waals surface area contributed by atoms with Crippen molar-refractivity contribution < 1.29 is 4.74 Å². The molecule has 1 heterocycles. The average Bonchev–Trinajstić information content (AvgIpc) is 2.51. The van der Waals surface area contributed by atoms with Crippen molar-refractivity contribution in [2.45, 2.75) is 59.5 Å². The van der Waals surface area contributed by atoms with Crippen LogP contribution in [0.4, 0.5) is 0 Å². The SMILES string of the molecule is C=CCCCN(C)C(=NCC1CCCOC1C(C)(C)C)NCC.I. The zero-order valence-corrected chi connectivity index (χ0v) is 18.6. The molecule has 0 saturated carbocycles. The molecule has 0 aromatic carbocycles. The van der Waals surface area contributed by atoms with Gasteiger partial charge in [0.2, 0.25) is 0 Å². The van der Waals surface area contributed by atoms with E-state index in [1.54, 1.807) is 0 Å². The molecule has 1 rings (SSSR count). The summed E-state index contributed by atoms with van der Waals surface area (Å²) in [6.07, 6.45) is 6.80. The van der Waals surface area contributed by atoms with Gasteiger partial charge < -0.3 is 15.0 Å². The molecule has 1 saturated heterocycles. The van der Waals surface area contributed by atoms with Crippen LogP contribution in [0, 0.1) is 11.3 Å². The van der Waals surface area contributed by atoms with Crippen molar-refractivity contribution >= 4 is 29.9 Å². The fourth-order valence-corrected chi connectivity index (χ4v) is 3.24. The van der Waals surface area contributed by atoms with E-state index in [1.807, 2.05) is 6.08 Å². The maximum absolute atomic E-state index is 6.07. The third-order valence-electron chi connectivity index (χ3n) is 4.37. The van der Waals surface area contributed by atoms with E-state index in [9.17, 15) is 0 Å². The van der Waals surface area contributed by atoms with E-state index in [4.69, 9.17) is 9.73 Å². The Balaban J connectivity index is 0.00000529. The highest BCUT2D eigenvalue weighted by Crippen LogP contribution is 2.34. The highest BCUT2D eigenvalue weighted by atomic mass is 127. The minimum absolute atomic E-state index is 0. The second-order valence-electron chi connectivity index (χ2n) is 7.61. The fraction of sp³-hybridized carbons (Fsp3) is 0.842. The maximum Gasteiger partial charge on any atom is 0.193 e. The normalized spacial score (nSPS) is 21.8. The van der Waals surface area contributed by atoms with Gasteiger partial charge >= 0.3 is 0 Å². The molecule has 1 fully saturated rings. The quantitative estimate of drug-likeness (QED) is 0.206. The molecule has 1 aliphatic heterocycles. The first kappa shape index (κ1) is 23.7. The smallest absolute Gasteiger partial charge is 0.193 e. The molecule has 142 valence electrons. The molecule has 1 aliphatic rings. The predicted molar refractivity (Wildman–Crippen MR) is 115 cm³/mol. The first-order valence-electron chi connectivity index (χ1n) is 9.12. The Bertz CT molecular complexity index is 379. The van der Waals surface area contributed by atoms with E-state index in [0.717, 1.165) is 51.5 Å². The van der Waals surface area contributed by atoms with E-state index < -0.39 is 0 Å². The monoisotopic (exact) mass is 451 g/mol. The van der Waals surface area contributed by atoms with Crippen LogP contribution in [0.25, 0.3) is 0 Å². The van der Waals surface area contributed by atoms with Crippen molar-refractivity contribution in [3.05, 3.63) is 12.7 Å². The van der Waals surface area contributed by atoms with Gasteiger partial charge in [0.1, 0.15) is 0 Å². The first-order valence-corrected chi connectivity index (χ1v) is 9.12. The molecule has 5 heteroatoms. The van der Waals surface area contributed by atoms with Crippen LogP contribution in [0.2, 0.25) is 0 Å². The molecular formula is C19H38IN3O. The average molecular weight is 451 g/mol. The van der Waals surface area contributed by atoms with Crippen LogP contribution in [-0.4, -0.2) is 50.3 Å². The fourth-order valence-electron chi connectivity index (χ4n) is 3.24. The number of guanidine groups is 1. The van der Waals surface area contributed by atoms with Crippen molar-refractivity contribution in [2.24, 2.45) is 16.3 Å². The van der Waals surface area contributed by atoms with Gasteiger partial charge in [-0.25, -0.2) is 0 Å². The van der Waals surface area contributed by atoms with Crippen LogP contribution in [0.3, 0.4) is 0 Å². The highest BCUT2D eigenvalue weighted by molar-refractivity contribution is 14.0. The number of rotatable bonds is 7. The van der Waals surface area contributed by atoms with Gasteiger partial charge in [-0.15, -0.1) is 30.6 Å². The summed E-state index contributed by atoms with van der Waals surface area (Å²) in [5, 5.41) is 3.41. The lowest BCUT2D eigenvalue weighted by Gasteiger charge is -2.39. The molecule has 2 unspecified atom stereocenters. The van der Waals surface area contributed by atoms with Gasteiger partial charge in [-0.05, 0) is 38.0 Å². The van der Waals surface area contributed by atoms with E-state index in [-0.39, 0.29) is 29.4 Å². The van der Waals surface area contributed by atoms with Crippen molar-refractivity contribution in [1.82, 2.24) is 10.2 Å². The lowest BCUT2D eigenvalue weighted by atomic mass is 9.78. The van der Waals surface area contributed by atoms with Crippen molar-refractivity contribution in [1.29, 1.82) is 0 Å². The molecule has 0 amide bonds. The second-order valence-corrected chi connectivity index (χ2v) is 7.61. The topological polar surface area (TPSA) is 36.9 Å². The lowest BCUT2D eigenvalue weighted by molar-refractivity contribution is -0.0824. The zero-order valence-electron chi connectivity index (χ0n) is 16.3. The number of aliphatic imine (C=N–C) groups is 1. The van der Waals surface area contributed by atoms with Gasteiger partial charge in [0, 0.05) is 39.2 Å². The Morgan fingerprint density at radius 2 is 2.12 bits per heavy atom. The Kier molecular flexibility index (Phi) is 12.0. The van der Waals surface area contributed by atoms with Gasteiger partial charge in [0.25, 0.3) is 0 Å². The maximum atomic E-state index is 6.07. The molecule has 0 radical (unpaired) electrons.